The van der Waals surface area contributed by atoms with Gasteiger partial charge in [-0.25, -0.2) is 0 Å². The normalized spacial score (nSPS) is 23.0. The predicted molar refractivity (Wildman–Crippen MR) is 90.6 cm³/mol. The highest BCUT2D eigenvalue weighted by Crippen LogP contribution is 2.32. The van der Waals surface area contributed by atoms with Crippen LogP contribution in [0.5, 0.6) is 5.75 Å². The van der Waals surface area contributed by atoms with E-state index >= 15 is 0 Å². The number of amidine groups is 1. The van der Waals surface area contributed by atoms with E-state index in [4.69, 9.17) is 9.73 Å². The Kier molecular flexibility index (Phi) is 4.29. The average molecular weight is 319 g/mol. The van der Waals surface area contributed by atoms with Crippen LogP contribution < -0.4 is 9.64 Å². The first-order valence-electron chi connectivity index (χ1n) is 7.47. The van der Waals surface area contributed by atoms with Crippen molar-refractivity contribution in [2.75, 3.05) is 24.8 Å². The van der Waals surface area contributed by atoms with Gasteiger partial charge >= 0.3 is 0 Å². The molecule has 1 unspecified atom stereocenters. The third-order valence-electron chi connectivity index (χ3n) is 3.94. The lowest BCUT2D eigenvalue weighted by molar-refractivity contribution is -0.117. The van der Waals surface area contributed by atoms with Crippen molar-refractivity contribution in [3.63, 3.8) is 0 Å². The molecule has 2 fully saturated rings. The predicted octanol–water partition coefficient (Wildman–Crippen LogP) is 2.57. The van der Waals surface area contributed by atoms with Gasteiger partial charge in [-0.2, -0.15) is 0 Å². The zero-order valence-corrected chi connectivity index (χ0v) is 14.0. The molecule has 118 valence electrons. The minimum absolute atomic E-state index is 0.00777. The lowest BCUT2D eigenvalue weighted by atomic mass is 10.2. The molecule has 1 amide bonds. The molecule has 0 bridgehead atoms. The van der Waals surface area contributed by atoms with Gasteiger partial charge in [0.05, 0.1) is 13.2 Å². The number of benzene rings is 1. The molecule has 1 aromatic rings. The van der Waals surface area contributed by atoms with Gasteiger partial charge in [0.25, 0.3) is 0 Å². The number of nitrogens with zero attached hydrogens (tertiary/aromatic N) is 3. The number of anilines is 1. The maximum absolute atomic E-state index is 12.2. The third-order valence-corrected chi connectivity index (χ3v) is 5.05. The van der Waals surface area contributed by atoms with Gasteiger partial charge in [-0.05, 0) is 37.1 Å². The first-order chi connectivity index (χ1) is 10.6. The Morgan fingerprint density at radius 1 is 1.36 bits per heavy atom. The van der Waals surface area contributed by atoms with E-state index in [0.717, 1.165) is 22.4 Å². The molecule has 5 nitrogen and oxygen atoms in total. The van der Waals surface area contributed by atoms with Crippen LogP contribution in [0, 0.1) is 0 Å². The molecule has 0 aromatic heterocycles. The molecule has 22 heavy (non-hydrogen) atoms. The maximum Gasteiger partial charge on any atom is 0.225 e. The lowest BCUT2D eigenvalue weighted by Gasteiger charge is -2.32. The number of carbonyl (C=O) groups is 1. The van der Waals surface area contributed by atoms with Crippen LogP contribution in [0.2, 0.25) is 0 Å². The topological polar surface area (TPSA) is 45.1 Å². The Morgan fingerprint density at radius 2 is 2.05 bits per heavy atom. The molecule has 6 heteroatoms. The number of amides is 1. The Morgan fingerprint density at radius 3 is 2.59 bits per heavy atom. The number of ether oxygens (including phenoxy) is 1. The van der Waals surface area contributed by atoms with E-state index in [0.29, 0.717) is 6.04 Å². The summed E-state index contributed by atoms with van der Waals surface area (Å²) in [7, 11) is 3.66. The zero-order chi connectivity index (χ0) is 15.7. The number of hydrogen-bond donors (Lipinski definition) is 0. The van der Waals surface area contributed by atoms with Crippen molar-refractivity contribution in [3.05, 3.63) is 24.3 Å². The molecule has 0 radical (unpaired) electrons. The number of rotatable bonds is 4. The van der Waals surface area contributed by atoms with E-state index in [9.17, 15) is 4.79 Å². The average Bonchev–Trinajstić information content (AvgIpc) is 3.26. The maximum atomic E-state index is 12.2. The summed E-state index contributed by atoms with van der Waals surface area (Å²) in [6.45, 7) is 1.61. The highest BCUT2D eigenvalue weighted by Gasteiger charge is 2.35. The van der Waals surface area contributed by atoms with Crippen LogP contribution in [0.4, 0.5) is 5.69 Å². The summed E-state index contributed by atoms with van der Waals surface area (Å²) in [4.78, 5) is 20.9. The van der Waals surface area contributed by atoms with E-state index in [1.54, 1.807) is 25.8 Å². The van der Waals surface area contributed by atoms with Crippen LogP contribution in [-0.2, 0) is 4.79 Å². The molecule has 1 saturated carbocycles. The fourth-order valence-electron chi connectivity index (χ4n) is 2.53. The van der Waals surface area contributed by atoms with E-state index < -0.39 is 0 Å². The number of aliphatic imine (C=N–C) groups is 1. The largest absolute Gasteiger partial charge is 0.497 e. The van der Waals surface area contributed by atoms with Gasteiger partial charge in [-0.3, -0.25) is 14.7 Å². The van der Waals surface area contributed by atoms with Gasteiger partial charge in [0, 0.05) is 25.4 Å². The number of carbonyl (C=O) groups excluding carboxylic acids is 1. The lowest BCUT2D eigenvalue weighted by Crippen LogP contribution is -2.48. The minimum Gasteiger partial charge on any atom is -0.497 e. The van der Waals surface area contributed by atoms with Gasteiger partial charge in [-0.15, -0.1) is 0 Å². The summed E-state index contributed by atoms with van der Waals surface area (Å²) in [5.74, 6) is 1.67. The molecule has 2 aliphatic rings. The molecule has 1 heterocycles. The third kappa shape index (κ3) is 3.06. The Labute approximate surface area is 135 Å². The van der Waals surface area contributed by atoms with Crippen LogP contribution in [0.15, 0.2) is 29.3 Å². The van der Waals surface area contributed by atoms with Gasteiger partial charge in [0.1, 0.15) is 11.9 Å². The van der Waals surface area contributed by atoms with E-state index in [1.165, 1.54) is 12.8 Å². The monoisotopic (exact) mass is 319 g/mol. The molecule has 1 aliphatic carbocycles. The molecule has 1 saturated heterocycles. The second-order valence-corrected chi connectivity index (χ2v) is 6.62. The SMILES string of the molecule is COc1ccc(N(C(C)=O)C2CSC(=NC3CC3)N2C)cc1. The first-order valence-corrected chi connectivity index (χ1v) is 8.46. The molecule has 0 spiro atoms. The Hall–Kier alpha value is -1.69. The summed E-state index contributed by atoms with van der Waals surface area (Å²) in [5, 5.41) is 1.05. The van der Waals surface area contributed by atoms with Crippen LogP contribution in [0.3, 0.4) is 0 Å². The smallest absolute Gasteiger partial charge is 0.225 e. The highest BCUT2D eigenvalue weighted by molar-refractivity contribution is 8.14. The van der Waals surface area contributed by atoms with Crippen molar-refractivity contribution < 1.29 is 9.53 Å². The molecule has 1 atom stereocenters. The Balaban J connectivity index is 1.83. The van der Waals surface area contributed by atoms with Crippen molar-refractivity contribution in [1.29, 1.82) is 0 Å². The standard InChI is InChI=1S/C16H21N3O2S/c1-11(20)19(13-6-8-14(21-3)9-7-13)15-10-22-16(18(15)2)17-12-4-5-12/h6-9,12,15H,4-5,10H2,1-3H3. The minimum atomic E-state index is 0.00777. The molecule has 3 rings (SSSR count). The molecule has 0 N–H and O–H groups in total. The number of methoxy groups -OCH3 is 1. The van der Waals surface area contributed by atoms with Crippen molar-refractivity contribution in [2.24, 2.45) is 4.99 Å². The van der Waals surface area contributed by atoms with Crippen molar-refractivity contribution in [3.8, 4) is 5.75 Å². The van der Waals surface area contributed by atoms with E-state index in [1.807, 2.05) is 36.2 Å². The van der Waals surface area contributed by atoms with Gasteiger partial charge in [0.15, 0.2) is 5.17 Å². The first kappa shape index (κ1) is 15.2. The zero-order valence-electron chi connectivity index (χ0n) is 13.2. The van der Waals surface area contributed by atoms with E-state index in [-0.39, 0.29) is 12.1 Å². The quantitative estimate of drug-likeness (QED) is 0.856. The summed E-state index contributed by atoms with van der Waals surface area (Å²) in [6.07, 6.45) is 2.39. The van der Waals surface area contributed by atoms with Crippen molar-refractivity contribution in [1.82, 2.24) is 4.90 Å². The van der Waals surface area contributed by atoms with Crippen molar-refractivity contribution >= 4 is 28.5 Å². The van der Waals surface area contributed by atoms with Gasteiger partial charge < -0.3 is 9.64 Å². The van der Waals surface area contributed by atoms with Gasteiger partial charge in [-0.1, -0.05) is 11.8 Å². The second kappa shape index (κ2) is 6.20. The fraction of sp³-hybridized carbons (Fsp3) is 0.500. The van der Waals surface area contributed by atoms with Crippen LogP contribution in [0.1, 0.15) is 19.8 Å². The Bertz CT molecular complexity index is 584. The summed E-state index contributed by atoms with van der Waals surface area (Å²) < 4.78 is 5.19. The molecule has 1 aliphatic heterocycles. The van der Waals surface area contributed by atoms with E-state index in [2.05, 4.69) is 4.90 Å². The highest BCUT2D eigenvalue weighted by atomic mass is 32.2. The summed E-state index contributed by atoms with van der Waals surface area (Å²) in [5.41, 5.74) is 0.887. The molecule has 1 aromatic carbocycles. The number of hydrogen-bond acceptors (Lipinski definition) is 4. The van der Waals surface area contributed by atoms with Gasteiger partial charge in [0.2, 0.25) is 5.91 Å². The van der Waals surface area contributed by atoms with Crippen LogP contribution in [0.25, 0.3) is 0 Å². The fourth-order valence-corrected chi connectivity index (χ4v) is 3.75. The van der Waals surface area contributed by atoms with Crippen LogP contribution >= 0.6 is 11.8 Å². The molecular formula is C16H21N3O2S. The summed E-state index contributed by atoms with van der Waals surface area (Å²) >= 11 is 1.73. The van der Waals surface area contributed by atoms with Crippen molar-refractivity contribution in [2.45, 2.75) is 32.0 Å². The second-order valence-electron chi connectivity index (χ2n) is 5.63. The summed E-state index contributed by atoms with van der Waals surface area (Å²) in [6, 6.07) is 8.11. The number of thioether (sulfide) groups is 1. The van der Waals surface area contributed by atoms with Crippen LogP contribution in [-0.4, -0.2) is 48.1 Å². The molecular weight excluding hydrogens is 298 g/mol.